The number of morpholine rings is 1. The number of hydrogen-bond donors (Lipinski definition) is 1. The number of rotatable bonds is 7. The van der Waals surface area contributed by atoms with Crippen LogP contribution >= 0.6 is 11.6 Å². The highest BCUT2D eigenvalue weighted by Crippen LogP contribution is 2.41. The SMILES string of the molecule is COCC(c1nc(-c2c(-n3ccnc3)c3cc(OC)c(Cl)c(F)c3n2C)n[nH]1)N1CCOCC1. The van der Waals surface area contributed by atoms with Crippen LogP contribution in [0, 0.1) is 5.82 Å². The Labute approximate surface area is 200 Å². The third-order valence-electron chi connectivity index (χ3n) is 6.12. The average molecular weight is 490 g/mol. The Hall–Kier alpha value is -2.99. The van der Waals surface area contributed by atoms with Gasteiger partial charge in [0.2, 0.25) is 0 Å². The third-order valence-corrected chi connectivity index (χ3v) is 6.47. The van der Waals surface area contributed by atoms with Gasteiger partial charge in [0.15, 0.2) is 11.6 Å². The molecule has 1 N–H and O–H groups in total. The van der Waals surface area contributed by atoms with E-state index in [0.29, 0.717) is 53.8 Å². The molecule has 0 aliphatic carbocycles. The minimum absolute atomic E-state index is 0.0810. The van der Waals surface area contributed by atoms with Gasteiger partial charge in [-0.3, -0.25) is 10.00 Å². The number of aromatic nitrogens is 6. The van der Waals surface area contributed by atoms with E-state index in [1.807, 2.05) is 0 Å². The molecule has 1 aliphatic rings. The summed E-state index contributed by atoms with van der Waals surface area (Å²) in [6, 6.07) is 1.60. The lowest BCUT2D eigenvalue weighted by molar-refractivity contribution is -0.00608. The van der Waals surface area contributed by atoms with Gasteiger partial charge >= 0.3 is 0 Å². The van der Waals surface area contributed by atoms with E-state index in [2.05, 4.69) is 20.1 Å². The number of nitrogens with one attached hydrogen (secondary N) is 1. The number of imidazole rings is 1. The molecule has 0 radical (unpaired) electrons. The van der Waals surface area contributed by atoms with E-state index in [9.17, 15) is 0 Å². The van der Waals surface area contributed by atoms with Crippen LogP contribution in [-0.2, 0) is 16.5 Å². The molecule has 1 aromatic carbocycles. The van der Waals surface area contributed by atoms with E-state index in [1.165, 1.54) is 7.11 Å². The highest BCUT2D eigenvalue weighted by molar-refractivity contribution is 6.33. The van der Waals surface area contributed by atoms with Gasteiger partial charge in [-0.05, 0) is 6.07 Å². The summed E-state index contributed by atoms with van der Waals surface area (Å²) >= 11 is 6.24. The van der Waals surface area contributed by atoms with Crippen molar-refractivity contribution >= 4 is 22.5 Å². The van der Waals surface area contributed by atoms with Crippen LogP contribution in [0.3, 0.4) is 0 Å². The van der Waals surface area contributed by atoms with Crippen LogP contribution < -0.4 is 4.74 Å². The second-order valence-electron chi connectivity index (χ2n) is 7.99. The number of ether oxygens (including phenoxy) is 3. The summed E-state index contributed by atoms with van der Waals surface area (Å²) < 4.78 is 35.2. The lowest BCUT2D eigenvalue weighted by atomic mass is 10.2. The molecular formula is C22H25ClFN7O3. The normalized spacial score (nSPS) is 15.8. The summed E-state index contributed by atoms with van der Waals surface area (Å²) in [4.78, 5) is 11.2. The van der Waals surface area contributed by atoms with E-state index >= 15 is 4.39 Å². The Morgan fingerprint density at radius 1 is 1.29 bits per heavy atom. The first-order valence-corrected chi connectivity index (χ1v) is 11.2. The summed E-state index contributed by atoms with van der Waals surface area (Å²) in [6.07, 6.45) is 5.08. The quantitative estimate of drug-likeness (QED) is 0.426. The Kier molecular flexibility index (Phi) is 6.26. The Bertz CT molecular complexity index is 1300. The monoisotopic (exact) mass is 489 g/mol. The molecule has 34 heavy (non-hydrogen) atoms. The van der Waals surface area contributed by atoms with Crippen LogP contribution in [-0.4, -0.2) is 81.3 Å². The van der Waals surface area contributed by atoms with Crippen molar-refractivity contribution in [1.29, 1.82) is 0 Å². The van der Waals surface area contributed by atoms with Crippen LogP contribution in [0.1, 0.15) is 11.9 Å². The maximum absolute atomic E-state index is 15.4. The highest BCUT2D eigenvalue weighted by atomic mass is 35.5. The smallest absolute Gasteiger partial charge is 0.200 e. The molecule has 0 saturated carbocycles. The fraction of sp³-hybridized carbons (Fsp3) is 0.409. The van der Waals surface area contributed by atoms with E-state index in [0.717, 1.165) is 13.1 Å². The summed E-state index contributed by atoms with van der Waals surface area (Å²) in [7, 11) is 4.87. The first kappa shape index (κ1) is 22.8. The van der Waals surface area contributed by atoms with Crippen molar-refractivity contribution in [1.82, 2.24) is 34.2 Å². The van der Waals surface area contributed by atoms with Crippen molar-refractivity contribution < 1.29 is 18.6 Å². The molecule has 180 valence electrons. The number of nitrogens with zero attached hydrogens (tertiary/aromatic N) is 6. The number of methoxy groups -OCH3 is 2. The first-order chi connectivity index (χ1) is 16.5. The van der Waals surface area contributed by atoms with Crippen LogP contribution in [0.5, 0.6) is 5.75 Å². The molecule has 4 heterocycles. The van der Waals surface area contributed by atoms with Gasteiger partial charge in [-0.25, -0.2) is 14.4 Å². The maximum atomic E-state index is 15.4. The highest BCUT2D eigenvalue weighted by Gasteiger charge is 2.29. The van der Waals surface area contributed by atoms with Crippen molar-refractivity contribution in [2.24, 2.45) is 7.05 Å². The lowest BCUT2D eigenvalue weighted by Crippen LogP contribution is -2.41. The molecule has 0 spiro atoms. The van der Waals surface area contributed by atoms with Crippen molar-refractivity contribution in [3.05, 3.63) is 41.5 Å². The summed E-state index contributed by atoms with van der Waals surface area (Å²) in [5.74, 6) is 0.749. The van der Waals surface area contributed by atoms with Gasteiger partial charge < -0.3 is 23.3 Å². The third kappa shape index (κ3) is 3.74. The van der Waals surface area contributed by atoms with E-state index in [-0.39, 0.29) is 16.8 Å². The molecule has 1 fully saturated rings. The molecular weight excluding hydrogens is 465 g/mol. The summed E-state index contributed by atoms with van der Waals surface area (Å²) in [5.41, 5.74) is 1.60. The molecule has 10 nitrogen and oxygen atoms in total. The van der Waals surface area contributed by atoms with Crippen LogP contribution in [0.4, 0.5) is 4.39 Å². The van der Waals surface area contributed by atoms with E-state index < -0.39 is 5.82 Å². The largest absolute Gasteiger partial charge is 0.495 e. The zero-order chi connectivity index (χ0) is 23.8. The average Bonchev–Trinajstić information content (AvgIpc) is 3.60. The predicted molar refractivity (Wildman–Crippen MR) is 124 cm³/mol. The van der Waals surface area contributed by atoms with Gasteiger partial charge in [-0.1, -0.05) is 11.6 Å². The Morgan fingerprint density at radius 2 is 2.09 bits per heavy atom. The number of hydrogen-bond acceptors (Lipinski definition) is 7. The minimum Gasteiger partial charge on any atom is -0.495 e. The minimum atomic E-state index is -0.576. The summed E-state index contributed by atoms with van der Waals surface area (Å²) in [6.45, 7) is 3.28. The van der Waals surface area contributed by atoms with Crippen LogP contribution in [0.25, 0.3) is 28.1 Å². The van der Waals surface area contributed by atoms with Crippen molar-refractivity contribution in [3.8, 4) is 23.0 Å². The molecule has 1 unspecified atom stereocenters. The fourth-order valence-electron chi connectivity index (χ4n) is 4.49. The molecule has 4 aromatic rings. The zero-order valence-electron chi connectivity index (χ0n) is 19.1. The molecule has 1 aliphatic heterocycles. The molecule has 3 aromatic heterocycles. The molecule has 0 amide bonds. The number of H-pyrrole nitrogens is 1. The standard InChI is InChI=1S/C22H25ClFN7O3/c1-29-18-13(10-15(33-3)16(23)17(18)24)19(31-5-4-25-12-31)20(29)22-26-21(27-28-22)14(11-32-2)30-6-8-34-9-7-30/h4-5,10,12,14H,6-9,11H2,1-3H3,(H,26,27,28). The van der Waals surface area contributed by atoms with Crippen molar-refractivity contribution in [2.75, 3.05) is 47.1 Å². The van der Waals surface area contributed by atoms with E-state index in [4.69, 9.17) is 30.8 Å². The van der Waals surface area contributed by atoms with Gasteiger partial charge in [0, 0.05) is 45.0 Å². The van der Waals surface area contributed by atoms with Crippen LogP contribution in [0.15, 0.2) is 24.8 Å². The zero-order valence-corrected chi connectivity index (χ0v) is 19.8. The number of aromatic amines is 1. The van der Waals surface area contributed by atoms with Crippen molar-refractivity contribution in [3.63, 3.8) is 0 Å². The van der Waals surface area contributed by atoms with Gasteiger partial charge in [0.25, 0.3) is 0 Å². The molecule has 5 rings (SSSR count). The van der Waals surface area contributed by atoms with E-state index in [1.54, 1.807) is 48.1 Å². The number of halogens is 2. The maximum Gasteiger partial charge on any atom is 0.200 e. The first-order valence-electron chi connectivity index (χ1n) is 10.8. The van der Waals surface area contributed by atoms with Gasteiger partial charge in [-0.15, -0.1) is 0 Å². The molecule has 0 bridgehead atoms. The van der Waals surface area contributed by atoms with Crippen molar-refractivity contribution in [2.45, 2.75) is 6.04 Å². The molecule has 12 heteroatoms. The predicted octanol–water partition coefficient (Wildman–Crippen LogP) is 2.97. The van der Waals surface area contributed by atoms with Gasteiger partial charge in [0.1, 0.15) is 22.3 Å². The lowest BCUT2D eigenvalue weighted by Gasteiger charge is -2.32. The second kappa shape index (κ2) is 9.34. The topological polar surface area (TPSA) is 95.2 Å². The Morgan fingerprint density at radius 3 is 2.76 bits per heavy atom. The Balaban J connectivity index is 1.69. The number of benzene rings is 1. The second-order valence-corrected chi connectivity index (χ2v) is 8.37. The van der Waals surface area contributed by atoms with Gasteiger partial charge in [0.05, 0.1) is 50.5 Å². The number of aryl methyl sites for hydroxylation is 1. The van der Waals surface area contributed by atoms with Gasteiger partial charge in [-0.2, -0.15) is 5.10 Å². The molecule has 1 saturated heterocycles. The molecule has 1 atom stereocenters. The fourth-order valence-corrected chi connectivity index (χ4v) is 4.71. The van der Waals surface area contributed by atoms with Crippen LogP contribution in [0.2, 0.25) is 5.02 Å². The number of fused-ring (bicyclic) bond motifs is 1. The summed E-state index contributed by atoms with van der Waals surface area (Å²) in [5, 5.41) is 8.11.